The summed E-state index contributed by atoms with van der Waals surface area (Å²) in [6, 6.07) is 21.3. The average Bonchev–Trinajstić information content (AvgIpc) is 3.24. The van der Waals surface area contributed by atoms with Crippen molar-refractivity contribution in [3.05, 3.63) is 89.7 Å². The zero-order chi connectivity index (χ0) is 23.2. The van der Waals surface area contributed by atoms with E-state index in [2.05, 4.69) is 10.2 Å². The molecule has 0 amide bonds. The predicted molar refractivity (Wildman–Crippen MR) is 126 cm³/mol. The van der Waals surface area contributed by atoms with Crippen molar-refractivity contribution in [3.8, 4) is 22.9 Å². The first-order chi connectivity index (χ1) is 16.1. The minimum Gasteiger partial charge on any atom is -0.493 e. The number of ether oxygens (including phenoxy) is 2. The van der Waals surface area contributed by atoms with Crippen molar-refractivity contribution >= 4 is 17.5 Å². The van der Waals surface area contributed by atoms with Crippen molar-refractivity contribution in [1.82, 2.24) is 14.8 Å². The molecule has 0 aliphatic rings. The maximum absolute atomic E-state index is 14.5. The van der Waals surface area contributed by atoms with Gasteiger partial charge in [0.2, 0.25) is 0 Å². The molecule has 0 aliphatic heterocycles. The van der Waals surface area contributed by atoms with E-state index in [1.54, 1.807) is 43.5 Å². The second-order valence-corrected chi connectivity index (χ2v) is 8.08. The molecule has 1 aromatic heterocycles. The molecule has 0 spiro atoms. The molecule has 0 bridgehead atoms. The van der Waals surface area contributed by atoms with Gasteiger partial charge in [0.1, 0.15) is 5.82 Å². The van der Waals surface area contributed by atoms with Crippen molar-refractivity contribution < 1.29 is 18.7 Å². The Balaban J connectivity index is 1.61. The van der Waals surface area contributed by atoms with Gasteiger partial charge in [0.25, 0.3) is 0 Å². The van der Waals surface area contributed by atoms with Gasteiger partial charge < -0.3 is 9.47 Å². The number of benzene rings is 3. The Hall–Kier alpha value is -3.65. The normalized spacial score (nSPS) is 10.8. The van der Waals surface area contributed by atoms with Gasteiger partial charge in [-0.15, -0.1) is 10.2 Å². The van der Waals surface area contributed by atoms with E-state index in [0.717, 1.165) is 5.56 Å². The van der Waals surface area contributed by atoms with Crippen LogP contribution >= 0.6 is 11.8 Å². The summed E-state index contributed by atoms with van der Waals surface area (Å²) in [4.78, 5) is 12.9. The number of thioether (sulfide) groups is 1. The van der Waals surface area contributed by atoms with Crippen LogP contribution in [0.15, 0.2) is 78.0 Å². The molecule has 0 N–H and O–H groups in total. The van der Waals surface area contributed by atoms with Crippen molar-refractivity contribution in [2.75, 3.05) is 20.0 Å². The van der Waals surface area contributed by atoms with Crippen LogP contribution in [0.4, 0.5) is 4.39 Å². The summed E-state index contributed by atoms with van der Waals surface area (Å²) in [6.07, 6.45) is 0. The Morgan fingerprint density at radius 3 is 2.39 bits per heavy atom. The number of halogens is 1. The maximum Gasteiger partial charge on any atom is 0.192 e. The van der Waals surface area contributed by atoms with Crippen molar-refractivity contribution in [3.63, 3.8) is 0 Å². The van der Waals surface area contributed by atoms with E-state index in [1.807, 2.05) is 34.9 Å². The molecule has 4 rings (SSSR count). The highest BCUT2D eigenvalue weighted by Crippen LogP contribution is 2.30. The molecule has 1 heterocycles. The Bertz CT molecular complexity index is 1260. The summed E-state index contributed by atoms with van der Waals surface area (Å²) in [5.74, 6) is 1.12. The van der Waals surface area contributed by atoms with Crippen LogP contribution < -0.4 is 9.47 Å². The second-order valence-electron chi connectivity index (χ2n) is 7.14. The van der Waals surface area contributed by atoms with E-state index >= 15 is 0 Å². The van der Waals surface area contributed by atoms with Gasteiger partial charge in [-0.05, 0) is 35.9 Å². The molecular weight excluding hydrogens is 441 g/mol. The van der Waals surface area contributed by atoms with Crippen molar-refractivity contribution in [1.29, 1.82) is 0 Å². The van der Waals surface area contributed by atoms with Crippen LogP contribution in [0, 0.1) is 5.82 Å². The third-order valence-electron chi connectivity index (χ3n) is 5.05. The lowest BCUT2D eigenvalue weighted by atomic mass is 10.1. The number of hydrogen-bond donors (Lipinski definition) is 0. The Morgan fingerprint density at radius 1 is 0.939 bits per heavy atom. The first-order valence-electron chi connectivity index (χ1n) is 10.2. The number of hydrogen-bond acceptors (Lipinski definition) is 6. The van der Waals surface area contributed by atoms with Crippen LogP contribution in [0.1, 0.15) is 15.9 Å². The number of methoxy groups -OCH3 is 2. The van der Waals surface area contributed by atoms with Crippen LogP contribution in [-0.2, 0) is 6.54 Å². The van der Waals surface area contributed by atoms with Crippen LogP contribution in [0.2, 0.25) is 0 Å². The average molecular weight is 464 g/mol. The summed E-state index contributed by atoms with van der Waals surface area (Å²) in [6.45, 7) is 0.449. The minimum absolute atomic E-state index is 0.0948. The highest BCUT2D eigenvalue weighted by molar-refractivity contribution is 7.99. The van der Waals surface area contributed by atoms with Gasteiger partial charge in [-0.1, -0.05) is 54.2 Å². The summed E-state index contributed by atoms with van der Waals surface area (Å²) in [5, 5.41) is 9.05. The standard InChI is InChI=1S/C25H22FN3O3S/c1-31-22-13-12-18(14-23(22)32-2)21(30)16-33-25-28-27-24(19-10-6-7-11-20(19)26)29(25)15-17-8-4-3-5-9-17/h3-14H,15-16H2,1-2H3. The lowest BCUT2D eigenvalue weighted by molar-refractivity contribution is 0.102. The topological polar surface area (TPSA) is 66.2 Å². The smallest absolute Gasteiger partial charge is 0.192 e. The van der Waals surface area contributed by atoms with Gasteiger partial charge in [0.15, 0.2) is 28.3 Å². The Morgan fingerprint density at radius 2 is 1.67 bits per heavy atom. The summed E-state index contributed by atoms with van der Waals surface area (Å²) < 4.78 is 26.9. The van der Waals surface area contributed by atoms with Gasteiger partial charge in [-0.2, -0.15) is 0 Å². The summed E-state index contributed by atoms with van der Waals surface area (Å²) in [7, 11) is 3.07. The van der Waals surface area contributed by atoms with Gasteiger partial charge in [0.05, 0.1) is 32.1 Å². The summed E-state index contributed by atoms with van der Waals surface area (Å²) in [5.41, 5.74) is 1.88. The van der Waals surface area contributed by atoms with E-state index in [-0.39, 0.29) is 17.4 Å². The fourth-order valence-corrected chi connectivity index (χ4v) is 4.20. The zero-order valence-electron chi connectivity index (χ0n) is 18.2. The van der Waals surface area contributed by atoms with E-state index in [9.17, 15) is 9.18 Å². The molecule has 0 saturated carbocycles. The fraction of sp³-hybridized carbons (Fsp3) is 0.160. The molecule has 8 heteroatoms. The number of nitrogens with zero attached hydrogens (tertiary/aromatic N) is 3. The Labute approximate surface area is 195 Å². The number of carbonyl (C=O) groups excluding carboxylic acids is 1. The Kier molecular flexibility index (Phi) is 7.04. The van der Waals surface area contributed by atoms with Gasteiger partial charge in [0, 0.05) is 5.56 Å². The van der Waals surface area contributed by atoms with Crippen LogP contribution in [0.5, 0.6) is 11.5 Å². The molecule has 4 aromatic rings. The molecule has 0 unspecified atom stereocenters. The molecular formula is C25H22FN3O3S. The number of rotatable bonds is 9. The van der Waals surface area contributed by atoms with Gasteiger partial charge in [-0.25, -0.2) is 4.39 Å². The third kappa shape index (κ3) is 5.06. The molecule has 33 heavy (non-hydrogen) atoms. The van der Waals surface area contributed by atoms with E-state index in [0.29, 0.717) is 40.2 Å². The molecule has 0 radical (unpaired) electrons. The fourth-order valence-electron chi connectivity index (χ4n) is 3.37. The van der Waals surface area contributed by atoms with Crippen molar-refractivity contribution in [2.24, 2.45) is 0 Å². The van der Waals surface area contributed by atoms with E-state index < -0.39 is 0 Å². The number of ketones is 1. The van der Waals surface area contributed by atoms with E-state index in [4.69, 9.17) is 9.47 Å². The lowest BCUT2D eigenvalue weighted by Crippen LogP contribution is -2.07. The van der Waals surface area contributed by atoms with Crippen molar-refractivity contribution in [2.45, 2.75) is 11.7 Å². The summed E-state index contributed by atoms with van der Waals surface area (Å²) >= 11 is 1.26. The number of aromatic nitrogens is 3. The molecule has 0 atom stereocenters. The molecule has 0 saturated heterocycles. The quantitative estimate of drug-likeness (QED) is 0.253. The molecule has 0 aliphatic carbocycles. The molecule has 0 fully saturated rings. The minimum atomic E-state index is -0.378. The predicted octanol–water partition coefficient (Wildman–Crippen LogP) is 5.12. The largest absolute Gasteiger partial charge is 0.493 e. The highest BCUT2D eigenvalue weighted by Gasteiger charge is 2.19. The molecule has 3 aromatic carbocycles. The maximum atomic E-state index is 14.5. The highest BCUT2D eigenvalue weighted by atomic mass is 32.2. The monoisotopic (exact) mass is 463 g/mol. The zero-order valence-corrected chi connectivity index (χ0v) is 19.0. The second kappa shape index (κ2) is 10.3. The third-order valence-corrected chi connectivity index (χ3v) is 6.02. The molecule has 6 nitrogen and oxygen atoms in total. The first kappa shape index (κ1) is 22.5. The molecule has 168 valence electrons. The van der Waals surface area contributed by atoms with Crippen LogP contribution in [0.3, 0.4) is 0 Å². The first-order valence-corrected chi connectivity index (χ1v) is 11.2. The number of carbonyl (C=O) groups is 1. The van der Waals surface area contributed by atoms with Gasteiger partial charge >= 0.3 is 0 Å². The van der Waals surface area contributed by atoms with Crippen LogP contribution in [-0.4, -0.2) is 40.5 Å². The lowest BCUT2D eigenvalue weighted by Gasteiger charge is -2.11. The van der Waals surface area contributed by atoms with Crippen LogP contribution in [0.25, 0.3) is 11.4 Å². The van der Waals surface area contributed by atoms with Gasteiger partial charge in [-0.3, -0.25) is 9.36 Å². The number of Topliss-reactive ketones (excluding diaryl/α,β-unsaturated/α-hetero) is 1. The SMILES string of the molecule is COc1ccc(C(=O)CSc2nnc(-c3ccccc3F)n2Cc2ccccc2)cc1OC. The van der Waals surface area contributed by atoms with E-state index in [1.165, 1.54) is 24.9 Å².